The predicted molar refractivity (Wildman–Crippen MR) is 161 cm³/mol. The highest BCUT2D eigenvalue weighted by molar-refractivity contribution is 5.87. The Morgan fingerprint density at radius 2 is 1.62 bits per heavy atom. The second-order valence-corrected chi connectivity index (χ2v) is 8.73. The Balaban J connectivity index is 0.000000239. The first-order valence-corrected chi connectivity index (χ1v) is 12.4. The molecule has 5 heteroatoms. The van der Waals surface area contributed by atoms with Crippen LogP contribution in [0, 0.1) is 0 Å². The first-order valence-electron chi connectivity index (χ1n) is 12.4. The third-order valence-corrected chi connectivity index (χ3v) is 6.19. The lowest BCUT2D eigenvalue weighted by molar-refractivity contribution is 0.590. The summed E-state index contributed by atoms with van der Waals surface area (Å²) in [7, 11) is 2.06. The highest BCUT2D eigenvalue weighted by Crippen LogP contribution is 2.47. The first kappa shape index (κ1) is 29.2. The number of allylic oxidation sites excluding steroid dienone is 2. The normalized spacial score (nSPS) is 12.8. The molecule has 0 saturated heterocycles. The van der Waals surface area contributed by atoms with Crippen LogP contribution in [-0.2, 0) is 12.0 Å². The standard InChI is InChI=1S/C16H21N3.C14H15N.C2H5N/c1-4-15-9-5-6-10-16(15)12-14(3)18-11-7-8-13(2)19-17;1-15-14(9-10-14)13-8-4-6-11-5-2-3-7-12(11)13;1-2-3/h4-10,18-19H,1-3,11-12,17H2;2-8,15H,9-10H2,1H3;2H,1,3H2/b8-7+;;. The Bertz CT molecular complexity index is 1220. The van der Waals surface area contributed by atoms with E-state index in [4.69, 9.17) is 5.84 Å². The molecule has 0 unspecified atom stereocenters. The second kappa shape index (κ2) is 15.1. The van der Waals surface area contributed by atoms with Gasteiger partial charge in [0, 0.05) is 29.9 Å². The maximum atomic E-state index is 5.20. The lowest BCUT2D eigenvalue weighted by Gasteiger charge is -2.17. The summed E-state index contributed by atoms with van der Waals surface area (Å²) in [6.45, 7) is 15.4. The van der Waals surface area contributed by atoms with Gasteiger partial charge >= 0.3 is 0 Å². The smallest absolute Gasteiger partial charge is 0.0440 e. The van der Waals surface area contributed by atoms with Crippen LogP contribution in [0.15, 0.2) is 123 Å². The van der Waals surface area contributed by atoms with Crippen LogP contribution in [-0.4, -0.2) is 13.6 Å². The van der Waals surface area contributed by atoms with Crippen molar-refractivity contribution in [1.82, 2.24) is 16.1 Å². The summed E-state index contributed by atoms with van der Waals surface area (Å²) in [5, 5.41) is 9.44. The van der Waals surface area contributed by atoms with E-state index < -0.39 is 0 Å². The molecule has 37 heavy (non-hydrogen) atoms. The third kappa shape index (κ3) is 8.83. The molecule has 0 aromatic heterocycles. The van der Waals surface area contributed by atoms with Gasteiger partial charge in [0.15, 0.2) is 0 Å². The molecule has 0 amide bonds. The molecule has 0 heterocycles. The van der Waals surface area contributed by atoms with Crippen LogP contribution in [0.25, 0.3) is 16.8 Å². The molecular formula is C32H41N5. The van der Waals surface area contributed by atoms with E-state index in [9.17, 15) is 0 Å². The van der Waals surface area contributed by atoms with Crippen LogP contribution in [0.4, 0.5) is 0 Å². The average molecular weight is 496 g/mol. The van der Waals surface area contributed by atoms with Gasteiger partial charge in [-0.1, -0.05) is 105 Å². The third-order valence-electron chi connectivity index (χ3n) is 6.19. The zero-order valence-corrected chi connectivity index (χ0v) is 22.0. The highest BCUT2D eigenvalue weighted by atomic mass is 15.2. The number of nitrogens with one attached hydrogen (secondary N) is 3. The molecule has 1 fully saturated rings. The summed E-state index contributed by atoms with van der Waals surface area (Å²) < 4.78 is 0. The Kier molecular flexibility index (Phi) is 11.9. The Labute approximate surface area is 222 Å². The van der Waals surface area contributed by atoms with Crippen LogP contribution >= 0.6 is 0 Å². The van der Waals surface area contributed by atoms with Gasteiger partial charge in [-0.25, -0.2) is 0 Å². The lowest BCUT2D eigenvalue weighted by atomic mass is 9.97. The Hall–Kier alpha value is -4.06. The van der Waals surface area contributed by atoms with Crippen molar-refractivity contribution in [3.05, 3.63) is 139 Å². The van der Waals surface area contributed by atoms with Crippen LogP contribution in [0.2, 0.25) is 0 Å². The number of hydrazine groups is 1. The summed E-state index contributed by atoms with van der Waals surface area (Å²) in [6.07, 6.45) is 10.2. The summed E-state index contributed by atoms with van der Waals surface area (Å²) in [5.41, 5.74) is 12.8. The Morgan fingerprint density at radius 1 is 0.973 bits per heavy atom. The molecule has 0 radical (unpaired) electrons. The van der Waals surface area contributed by atoms with Gasteiger partial charge in [-0.2, -0.15) is 0 Å². The topological polar surface area (TPSA) is 88.1 Å². The van der Waals surface area contributed by atoms with Gasteiger partial charge in [-0.05, 0) is 59.6 Å². The van der Waals surface area contributed by atoms with E-state index in [-0.39, 0.29) is 5.54 Å². The number of hydrogen-bond donors (Lipinski definition) is 5. The SMILES string of the molecule is C=CN.C=Cc1ccccc1CC(=C)NC/C=C/C(=C)NN.CNC1(c2cccc3ccccc23)CC1. The van der Waals surface area contributed by atoms with Gasteiger partial charge in [-0.3, -0.25) is 5.84 Å². The van der Waals surface area contributed by atoms with Gasteiger partial charge in [-0.15, -0.1) is 0 Å². The van der Waals surface area contributed by atoms with E-state index in [1.807, 2.05) is 36.4 Å². The van der Waals surface area contributed by atoms with E-state index in [1.54, 1.807) is 0 Å². The lowest BCUT2D eigenvalue weighted by Crippen LogP contribution is -2.24. The molecule has 5 nitrogen and oxygen atoms in total. The van der Waals surface area contributed by atoms with E-state index in [2.05, 4.69) is 104 Å². The van der Waals surface area contributed by atoms with Crippen LogP contribution < -0.4 is 27.6 Å². The van der Waals surface area contributed by atoms with Crippen molar-refractivity contribution in [2.45, 2.75) is 24.8 Å². The largest absolute Gasteiger partial charge is 0.405 e. The molecule has 194 valence electrons. The van der Waals surface area contributed by atoms with Crippen LogP contribution in [0.1, 0.15) is 29.5 Å². The second-order valence-electron chi connectivity index (χ2n) is 8.73. The number of hydrogen-bond acceptors (Lipinski definition) is 5. The van der Waals surface area contributed by atoms with E-state index in [0.29, 0.717) is 12.2 Å². The number of fused-ring (bicyclic) bond motifs is 1. The van der Waals surface area contributed by atoms with E-state index in [1.165, 1.54) is 40.9 Å². The fourth-order valence-corrected chi connectivity index (χ4v) is 4.06. The number of benzene rings is 3. The summed E-state index contributed by atoms with van der Waals surface area (Å²) >= 11 is 0. The minimum Gasteiger partial charge on any atom is -0.405 e. The summed E-state index contributed by atoms with van der Waals surface area (Å²) in [6, 6.07) is 23.4. The number of rotatable bonds is 10. The summed E-state index contributed by atoms with van der Waals surface area (Å²) in [5.74, 6) is 5.20. The maximum Gasteiger partial charge on any atom is 0.0440 e. The summed E-state index contributed by atoms with van der Waals surface area (Å²) in [4.78, 5) is 0. The van der Waals surface area contributed by atoms with Crippen LogP contribution in [0.3, 0.4) is 0 Å². The molecule has 0 aliphatic heterocycles. The minimum atomic E-state index is 0.265. The zero-order chi connectivity index (χ0) is 27.1. The Morgan fingerprint density at radius 3 is 2.27 bits per heavy atom. The zero-order valence-electron chi connectivity index (χ0n) is 22.0. The predicted octanol–water partition coefficient (Wildman–Crippen LogP) is 5.65. The van der Waals surface area contributed by atoms with Gasteiger partial charge in [0.1, 0.15) is 0 Å². The molecular weight excluding hydrogens is 454 g/mol. The van der Waals surface area contributed by atoms with E-state index >= 15 is 0 Å². The first-order chi connectivity index (χ1) is 17.9. The van der Waals surface area contributed by atoms with Gasteiger partial charge < -0.3 is 21.8 Å². The quantitative estimate of drug-likeness (QED) is 0.143. The fourth-order valence-electron chi connectivity index (χ4n) is 4.06. The molecule has 0 atom stereocenters. The van der Waals surface area contributed by atoms with Gasteiger partial charge in [0.25, 0.3) is 0 Å². The van der Waals surface area contributed by atoms with E-state index in [0.717, 1.165) is 17.7 Å². The monoisotopic (exact) mass is 495 g/mol. The molecule has 3 aromatic rings. The average Bonchev–Trinajstić information content (AvgIpc) is 3.73. The van der Waals surface area contributed by atoms with Crippen molar-refractivity contribution in [2.24, 2.45) is 11.6 Å². The van der Waals surface area contributed by atoms with Crippen molar-refractivity contribution < 1.29 is 0 Å². The molecule has 1 aliphatic carbocycles. The maximum absolute atomic E-state index is 5.20. The van der Waals surface area contributed by atoms with Gasteiger partial charge in [0.05, 0.1) is 0 Å². The molecule has 1 saturated carbocycles. The highest BCUT2D eigenvalue weighted by Gasteiger charge is 2.43. The van der Waals surface area contributed by atoms with Crippen molar-refractivity contribution in [3.63, 3.8) is 0 Å². The molecule has 3 aromatic carbocycles. The van der Waals surface area contributed by atoms with Crippen molar-refractivity contribution >= 4 is 16.8 Å². The molecule has 7 N–H and O–H groups in total. The van der Waals surface area contributed by atoms with Gasteiger partial charge in [0.2, 0.25) is 0 Å². The van der Waals surface area contributed by atoms with Crippen LogP contribution in [0.5, 0.6) is 0 Å². The number of nitrogens with two attached hydrogens (primary N) is 2. The fraction of sp³-hybridized carbons (Fsp3) is 0.188. The molecule has 1 aliphatic rings. The molecule has 0 spiro atoms. The van der Waals surface area contributed by atoms with Crippen molar-refractivity contribution in [1.29, 1.82) is 0 Å². The van der Waals surface area contributed by atoms with Crippen molar-refractivity contribution in [3.8, 4) is 0 Å². The molecule has 4 rings (SSSR count). The van der Waals surface area contributed by atoms with Crippen molar-refractivity contribution in [2.75, 3.05) is 13.6 Å². The molecule has 0 bridgehead atoms. The minimum absolute atomic E-state index is 0.265.